The predicted molar refractivity (Wildman–Crippen MR) is 150 cm³/mol. The monoisotopic (exact) mass is 581 g/mol. The van der Waals surface area contributed by atoms with Crippen molar-refractivity contribution in [2.75, 3.05) is 6.61 Å². The topological polar surface area (TPSA) is 176 Å². The van der Waals surface area contributed by atoms with Crippen LogP contribution in [0.3, 0.4) is 0 Å². The molecule has 1 saturated heterocycles. The Morgan fingerprint density at radius 2 is 2.05 bits per heavy atom. The highest BCUT2D eigenvalue weighted by molar-refractivity contribution is 5.91. The van der Waals surface area contributed by atoms with Crippen LogP contribution in [0.5, 0.6) is 0 Å². The molecule has 4 fully saturated rings. The highest BCUT2D eigenvalue weighted by Crippen LogP contribution is 2.66. The van der Waals surface area contributed by atoms with E-state index in [1.807, 2.05) is 6.08 Å². The van der Waals surface area contributed by atoms with E-state index in [-0.39, 0.29) is 53.9 Å². The first-order valence-electron chi connectivity index (χ1n) is 15.1. The number of esters is 1. The van der Waals surface area contributed by atoms with Gasteiger partial charge in [0.1, 0.15) is 18.9 Å². The van der Waals surface area contributed by atoms with Gasteiger partial charge in [-0.1, -0.05) is 24.5 Å². The van der Waals surface area contributed by atoms with E-state index in [1.54, 1.807) is 6.92 Å². The molecule has 2 heterocycles. The fraction of sp³-hybridized carbons (Fsp3) is 0.733. The van der Waals surface area contributed by atoms with Crippen LogP contribution in [-0.4, -0.2) is 51.3 Å². The van der Waals surface area contributed by atoms with Gasteiger partial charge in [0.25, 0.3) is 5.56 Å². The van der Waals surface area contributed by atoms with Crippen LogP contribution in [-0.2, 0) is 19.1 Å². The third-order valence-corrected chi connectivity index (χ3v) is 11.4. The number of aliphatic hydroxyl groups is 1. The molecule has 10 atom stereocenters. The number of hydrogen-bond donors (Lipinski definition) is 2. The number of allylic oxidation sites excluding steroid dienone is 1. The number of aromatic nitrogens is 2. The zero-order valence-corrected chi connectivity index (χ0v) is 24.3. The molecule has 0 bridgehead atoms. The molecular weight excluding hydrogens is 542 g/mol. The van der Waals surface area contributed by atoms with Crippen molar-refractivity contribution in [3.05, 3.63) is 54.7 Å². The van der Waals surface area contributed by atoms with Crippen LogP contribution < -0.4 is 11.2 Å². The van der Waals surface area contributed by atoms with Gasteiger partial charge in [0.15, 0.2) is 5.78 Å². The molecule has 6 unspecified atom stereocenters. The molecule has 0 spiro atoms. The lowest BCUT2D eigenvalue weighted by molar-refractivity contribution is -0.167. The van der Waals surface area contributed by atoms with Gasteiger partial charge in [0.05, 0.1) is 18.1 Å². The van der Waals surface area contributed by atoms with E-state index >= 15 is 0 Å². The van der Waals surface area contributed by atoms with Crippen LogP contribution in [0.2, 0.25) is 0 Å². The highest BCUT2D eigenvalue weighted by Gasteiger charge is 2.63. The summed E-state index contributed by atoms with van der Waals surface area (Å²) in [4.78, 5) is 55.1. The summed E-state index contributed by atoms with van der Waals surface area (Å²) in [5.41, 5.74) is 8.91. The molecule has 0 aromatic carbocycles. The fourth-order valence-corrected chi connectivity index (χ4v) is 9.36. The lowest BCUT2D eigenvalue weighted by Crippen LogP contribution is -2.57. The average molecular weight is 582 g/mol. The summed E-state index contributed by atoms with van der Waals surface area (Å²) in [6.45, 7) is 5.77. The number of carbonyl (C=O) groups excluding carboxylic acids is 2. The van der Waals surface area contributed by atoms with Gasteiger partial charge in [-0.25, -0.2) is 4.79 Å². The molecule has 42 heavy (non-hydrogen) atoms. The number of ether oxygens (including phenoxy) is 2. The van der Waals surface area contributed by atoms with Gasteiger partial charge in [-0.15, -0.1) is 0 Å². The maximum Gasteiger partial charge on any atom is 0.330 e. The Balaban J connectivity index is 1.16. The van der Waals surface area contributed by atoms with Crippen molar-refractivity contribution in [1.29, 1.82) is 0 Å². The standard InChI is InChI=1S/C30H39N5O7/c1-15-13-35(28(40)32-26(15)38)24-11-21(33-34-31)23(42-24)14-41-27(39)20-7-6-19-18-5-4-16-10-17(36)8-9-29(16,2)25(18)22(37)12-30(19,20)3/h10,13,18-25,37H,4-9,11-12,14H2,1-3H3,(H,32,38,40)/t18?,19?,20-,21+,22?,23-,24-,25?,29?,30?/m1/s1. The molecule has 12 heteroatoms. The van der Waals surface area contributed by atoms with Crippen LogP contribution in [0.25, 0.3) is 10.4 Å². The van der Waals surface area contributed by atoms with Crippen molar-refractivity contribution in [3.63, 3.8) is 0 Å². The van der Waals surface area contributed by atoms with E-state index in [0.29, 0.717) is 24.8 Å². The molecule has 2 N–H and O–H groups in total. The predicted octanol–water partition coefficient (Wildman–Crippen LogP) is 3.47. The normalized spacial score (nSPS) is 40.8. The molecule has 1 aromatic heterocycles. The summed E-state index contributed by atoms with van der Waals surface area (Å²) in [5, 5.41) is 15.4. The minimum Gasteiger partial charge on any atom is -0.463 e. The second-order valence-corrected chi connectivity index (χ2v) is 13.5. The van der Waals surface area contributed by atoms with Crippen molar-refractivity contribution >= 4 is 11.8 Å². The molecule has 4 aliphatic carbocycles. The zero-order valence-electron chi connectivity index (χ0n) is 24.3. The Hall–Kier alpha value is -3.21. The van der Waals surface area contributed by atoms with Crippen molar-refractivity contribution < 1.29 is 24.2 Å². The lowest BCUT2D eigenvalue weighted by atomic mass is 9.46. The minimum atomic E-state index is -0.784. The maximum atomic E-state index is 13.6. The quantitative estimate of drug-likeness (QED) is 0.231. The summed E-state index contributed by atoms with van der Waals surface area (Å²) in [6, 6.07) is -0.663. The number of nitrogens with zero attached hydrogens (tertiary/aromatic N) is 4. The van der Waals surface area contributed by atoms with Gasteiger partial charge in [-0.3, -0.25) is 23.9 Å². The number of rotatable bonds is 5. The van der Waals surface area contributed by atoms with Gasteiger partial charge >= 0.3 is 11.7 Å². The Bertz CT molecular complexity index is 1490. The number of aryl methyl sites for hydroxylation is 1. The van der Waals surface area contributed by atoms with Crippen LogP contribution in [0.4, 0.5) is 0 Å². The van der Waals surface area contributed by atoms with Gasteiger partial charge in [0.2, 0.25) is 0 Å². The average Bonchev–Trinajstić information content (AvgIpc) is 3.50. The number of aliphatic hydroxyl groups excluding tert-OH is 1. The van der Waals surface area contributed by atoms with E-state index < -0.39 is 41.1 Å². The smallest absolute Gasteiger partial charge is 0.330 e. The Morgan fingerprint density at radius 3 is 2.81 bits per heavy atom. The minimum absolute atomic E-state index is 0.0758. The molecule has 0 amide bonds. The Morgan fingerprint density at radius 1 is 1.26 bits per heavy atom. The molecule has 12 nitrogen and oxygen atoms in total. The van der Waals surface area contributed by atoms with Gasteiger partial charge in [-0.05, 0) is 85.6 Å². The Labute approximate surface area is 243 Å². The van der Waals surface area contributed by atoms with Crippen LogP contribution >= 0.6 is 0 Å². The molecule has 1 aromatic rings. The summed E-state index contributed by atoms with van der Waals surface area (Å²) in [5.74, 6) is 0.0838. The molecule has 5 aliphatic rings. The number of hydrogen-bond acceptors (Lipinski definition) is 8. The molecule has 3 saturated carbocycles. The second-order valence-electron chi connectivity index (χ2n) is 13.5. The van der Waals surface area contributed by atoms with E-state index in [1.165, 1.54) is 16.3 Å². The molecule has 226 valence electrons. The van der Waals surface area contributed by atoms with Crippen molar-refractivity contribution in [2.45, 2.75) is 96.6 Å². The molecule has 6 rings (SSSR count). The van der Waals surface area contributed by atoms with E-state index in [2.05, 4.69) is 28.9 Å². The first-order valence-corrected chi connectivity index (χ1v) is 15.1. The van der Waals surface area contributed by atoms with Crippen molar-refractivity contribution in [3.8, 4) is 0 Å². The van der Waals surface area contributed by atoms with Crippen LogP contribution in [0, 0.1) is 41.4 Å². The van der Waals surface area contributed by atoms with Crippen molar-refractivity contribution in [2.24, 2.45) is 39.6 Å². The first kappa shape index (κ1) is 28.9. The van der Waals surface area contributed by atoms with Crippen LogP contribution in [0.1, 0.15) is 77.0 Å². The maximum absolute atomic E-state index is 13.6. The Kier molecular flexibility index (Phi) is 7.22. The third-order valence-electron chi connectivity index (χ3n) is 11.4. The number of azide groups is 1. The fourth-order valence-electron chi connectivity index (χ4n) is 9.36. The van der Waals surface area contributed by atoms with Crippen LogP contribution in [0.15, 0.2) is 32.5 Å². The lowest BCUT2D eigenvalue weighted by Gasteiger charge is -2.59. The SMILES string of the molecule is Cc1cn([C@H]2C[C@H](N=[N+]=[N-])[C@@H](COC(=O)[C@H]3CCC4C5CCC6=CC(=O)CCC6(C)C5C(O)CC43C)O2)c(=O)[nH]c1=O. The molecule has 1 aliphatic heterocycles. The summed E-state index contributed by atoms with van der Waals surface area (Å²) < 4.78 is 13.1. The summed E-state index contributed by atoms with van der Waals surface area (Å²) in [7, 11) is 0. The second kappa shape index (κ2) is 10.5. The van der Waals surface area contributed by atoms with E-state index in [9.17, 15) is 24.3 Å². The van der Waals surface area contributed by atoms with Gasteiger partial charge in [-0.2, -0.15) is 0 Å². The summed E-state index contributed by atoms with van der Waals surface area (Å²) >= 11 is 0. The molecular formula is C30H39N5O7. The third kappa shape index (κ3) is 4.55. The number of nitrogens with one attached hydrogen (secondary N) is 1. The highest BCUT2D eigenvalue weighted by atomic mass is 16.6. The number of fused-ring (bicyclic) bond motifs is 5. The van der Waals surface area contributed by atoms with E-state index in [4.69, 9.17) is 15.0 Å². The van der Waals surface area contributed by atoms with E-state index in [0.717, 1.165) is 25.7 Å². The number of carbonyl (C=O) groups is 2. The first-order chi connectivity index (χ1) is 20.0. The number of aromatic amines is 1. The number of H-pyrrole nitrogens is 1. The van der Waals surface area contributed by atoms with Gasteiger partial charge in [0, 0.05) is 29.5 Å². The molecule has 0 radical (unpaired) electrons. The number of ketones is 1. The largest absolute Gasteiger partial charge is 0.463 e. The van der Waals surface area contributed by atoms with Crippen molar-refractivity contribution in [1.82, 2.24) is 9.55 Å². The zero-order chi connectivity index (χ0) is 30.0. The summed E-state index contributed by atoms with van der Waals surface area (Å²) in [6.07, 6.45) is 6.43. The van der Waals surface area contributed by atoms with Gasteiger partial charge < -0.3 is 14.6 Å².